The first-order chi connectivity index (χ1) is 10.8. The molecule has 1 saturated carbocycles. The van der Waals surface area contributed by atoms with Crippen molar-refractivity contribution in [3.8, 4) is 17.6 Å². The van der Waals surface area contributed by atoms with E-state index in [9.17, 15) is 0 Å². The van der Waals surface area contributed by atoms with Crippen molar-refractivity contribution in [3.63, 3.8) is 0 Å². The van der Waals surface area contributed by atoms with Crippen LogP contribution in [0.15, 0.2) is 36.4 Å². The number of benzene rings is 1. The van der Waals surface area contributed by atoms with Crippen LogP contribution in [0, 0.1) is 23.7 Å². The Bertz CT molecular complexity index is 507. The highest BCUT2D eigenvalue weighted by Gasteiger charge is 2.18. The monoisotopic (exact) mass is 296 g/mol. The van der Waals surface area contributed by atoms with E-state index in [1.807, 2.05) is 37.3 Å². The maximum absolute atomic E-state index is 5.43. The Hall–Kier alpha value is -1.68. The van der Waals surface area contributed by atoms with E-state index >= 15 is 0 Å². The SMILES string of the molecule is CCC[C@H]1CC[C@H](/C=C/C#Cc2ccc(OCC)cc2)CC1. The standard InChI is InChI=1S/C21H28O/c1-3-7-18-10-12-19(13-11-18)8-5-6-9-20-14-16-21(17-15-20)22-4-2/h5,8,14-19H,3-4,7,10-13H2,1-2H3/b8-5+/t18-,19-. The predicted octanol–water partition coefficient (Wildman–Crippen LogP) is 5.60. The first kappa shape index (κ1) is 16.7. The molecule has 0 N–H and O–H groups in total. The van der Waals surface area contributed by atoms with Crippen LogP contribution in [-0.2, 0) is 0 Å². The second kappa shape index (κ2) is 9.36. The van der Waals surface area contributed by atoms with E-state index in [1.165, 1.54) is 38.5 Å². The van der Waals surface area contributed by atoms with E-state index in [2.05, 4.69) is 24.8 Å². The molecule has 0 heterocycles. The zero-order chi connectivity index (χ0) is 15.6. The minimum Gasteiger partial charge on any atom is -0.494 e. The number of hydrogen-bond donors (Lipinski definition) is 0. The largest absolute Gasteiger partial charge is 0.494 e. The van der Waals surface area contributed by atoms with Gasteiger partial charge in [-0.25, -0.2) is 0 Å². The van der Waals surface area contributed by atoms with E-state index in [0.717, 1.165) is 23.1 Å². The average Bonchev–Trinajstić information content (AvgIpc) is 2.55. The lowest BCUT2D eigenvalue weighted by Crippen LogP contribution is -2.12. The molecule has 22 heavy (non-hydrogen) atoms. The van der Waals surface area contributed by atoms with Crippen molar-refractivity contribution in [2.75, 3.05) is 6.61 Å². The van der Waals surface area contributed by atoms with E-state index in [0.29, 0.717) is 6.61 Å². The van der Waals surface area contributed by atoms with Gasteiger partial charge in [-0.05, 0) is 74.8 Å². The third kappa shape index (κ3) is 5.60. The highest BCUT2D eigenvalue weighted by Crippen LogP contribution is 2.31. The second-order valence-electron chi connectivity index (χ2n) is 6.16. The lowest BCUT2D eigenvalue weighted by atomic mass is 9.80. The van der Waals surface area contributed by atoms with Gasteiger partial charge in [-0.15, -0.1) is 0 Å². The van der Waals surface area contributed by atoms with Crippen molar-refractivity contribution in [1.82, 2.24) is 0 Å². The molecule has 1 aromatic rings. The molecule has 0 bridgehead atoms. The van der Waals surface area contributed by atoms with Crippen LogP contribution in [-0.4, -0.2) is 6.61 Å². The third-order valence-corrected chi connectivity index (χ3v) is 4.42. The molecule has 118 valence electrons. The lowest BCUT2D eigenvalue weighted by molar-refractivity contribution is 0.294. The minimum absolute atomic E-state index is 0.703. The molecule has 0 aromatic heterocycles. The van der Waals surface area contributed by atoms with Crippen LogP contribution in [0.5, 0.6) is 5.75 Å². The molecule has 0 unspecified atom stereocenters. The van der Waals surface area contributed by atoms with Gasteiger partial charge in [0.15, 0.2) is 0 Å². The summed E-state index contributed by atoms with van der Waals surface area (Å²) in [5.41, 5.74) is 1.04. The Labute approximate surface area is 135 Å². The van der Waals surface area contributed by atoms with Crippen molar-refractivity contribution in [1.29, 1.82) is 0 Å². The molecule has 0 saturated heterocycles. The highest BCUT2D eigenvalue weighted by molar-refractivity contribution is 5.40. The molecule has 0 atom stereocenters. The molecule has 0 aliphatic heterocycles. The summed E-state index contributed by atoms with van der Waals surface area (Å²) < 4.78 is 5.43. The molecule has 2 rings (SSSR count). The molecular formula is C21H28O. The van der Waals surface area contributed by atoms with Gasteiger partial charge in [-0.2, -0.15) is 0 Å². The summed E-state index contributed by atoms with van der Waals surface area (Å²) in [6, 6.07) is 7.99. The number of hydrogen-bond acceptors (Lipinski definition) is 1. The van der Waals surface area contributed by atoms with Crippen molar-refractivity contribution in [3.05, 3.63) is 42.0 Å². The quantitative estimate of drug-likeness (QED) is 0.643. The zero-order valence-corrected chi connectivity index (χ0v) is 14.0. The molecule has 1 heteroatoms. The maximum atomic E-state index is 5.43. The van der Waals surface area contributed by atoms with Crippen LogP contribution in [0.1, 0.15) is 57.9 Å². The van der Waals surface area contributed by atoms with Gasteiger partial charge in [-0.1, -0.05) is 37.7 Å². The van der Waals surface area contributed by atoms with Crippen LogP contribution < -0.4 is 4.74 Å². The van der Waals surface area contributed by atoms with Gasteiger partial charge < -0.3 is 4.74 Å². The molecule has 0 radical (unpaired) electrons. The second-order valence-corrected chi connectivity index (χ2v) is 6.16. The van der Waals surface area contributed by atoms with Crippen LogP contribution in [0.4, 0.5) is 0 Å². The molecule has 0 amide bonds. The summed E-state index contributed by atoms with van der Waals surface area (Å²) in [5.74, 6) is 8.98. The van der Waals surface area contributed by atoms with E-state index in [1.54, 1.807) is 0 Å². The van der Waals surface area contributed by atoms with Crippen molar-refractivity contribution in [2.24, 2.45) is 11.8 Å². The van der Waals surface area contributed by atoms with Gasteiger partial charge in [0.1, 0.15) is 5.75 Å². The Morgan fingerprint density at radius 3 is 2.45 bits per heavy atom. The van der Waals surface area contributed by atoms with Crippen LogP contribution in [0.3, 0.4) is 0 Å². The summed E-state index contributed by atoms with van der Waals surface area (Å²) in [6.45, 7) is 4.99. The third-order valence-electron chi connectivity index (χ3n) is 4.42. The van der Waals surface area contributed by atoms with Crippen LogP contribution in [0.25, 0.3) is 0 Å². The van der Waals surface area contributed by atoms with Crippen LogP contribution in [0.2, 0.25) is 0 Å². The summed E-state index contributed by atoms with van der Waals surface area (Å²) in [4.78, 5) is 0. The Balaban J connectivity index is 1.78. The Morgan fingerprint density at radius 2 is 1.82 bits per heavy atom. The number of ether oxygens (including phenoxy) is 1. The fourth-order valence-electron chi connectivity index (χ4n) is 3.19. The predicted molar refractivity (Wildman–Crippen MR) is 94.0 cm³/mol. The average molecular weight is 296 g/mol. The summed E-state index contributed by atoms with van der Waals surface area (Å²) in [5, 5.41) is 0. The molecule has 1 aromatic carbocycles. The van der Waals surface area contributed by atoms with E-state index in [-0.39, 0.29) is 0 Å². The van der Waals surface area contributed by atoms with Crippen molar-refractivity contribution < 1.29 is 4.74 Å². The Morgan fingerprint density at radius 1 is 1.09 bits per heavy atom. The molecule has 1 fully saturated rings. The Kier molecular flexibility index (Phi) is 7.10. The van der Waals surface area contributed by atoms with E-state index in [4.69, 9.17) is 4.74 Å². The summed E-state index contributed by atoms with van der Waals surface area (Å²) >= 11 is 0. The van der Waals surface area contributed by atoms with Gasteiger partial charge in [0.05, 0.1) is 6.61 Å². The fraction of sp³-hybridized carbons (Fsp3) is 0.524. The highest BCUT2D eigenvalue weighted by atomic mass is 16.5. The first-order valence-electron chi connectivity index (χ1n) is 8.72. The normalized spacial score (nSPS) is 21.4. The summed E-state index contributed by atoms with van der Waals surface area (Å²) in [6.07, 6.45) is 12.6. The smallest absolute Gasteiger partial charge is 0.119 e. The molecule has 1 aliphatic rings. The molecular weight excluding hydrogens is 268 g/mol. The fourth-order valence-corrected chi connectivity index (χ4v) is 3.19. The lowest BCUT2D eigenvalue weighted by Gasteiger charge is -2.26. The first-order valence-corrected chi connectivity index (χ1v) is 8.72. The van der Waals surface area contributed by atoms with Gasteiger partial charge >= 0.3 is 0 Å². The molecule has 1 aliphatic carbocycles. The van der Waals surface area contributed by atoms with E-state index < -0.39 is 0 Å². The number of allylic oxidation sites excluding steroid dienone is 2. The molecule has 0 spiro atoms. The van der Waals surface area contributed by atoms with Gasteiger partial charge in [0.25, 0.3) is 0 Å². The van der Waals surface area contributed by atoms with Gasteiger partial charge in [0.2, 0.25) is 0 Å². The topological polar surface area (TPSA) is 9.23 Å². The van der Waals surface area contributed by atoms with Gasteiger partial charge in [0, 0.05) is 5.56 Å². The minimum atomic E-state index is 0.703. The number of rotatable bonds is 5. The maximum Gasteiger partial charge on any atom is 0.119 e. The zero-order valence-electron chi connectivity index (χ0n) is 14.0. The van der Waals surface area contributed by atoms with Crippen molar-refractivity contribution in [2.45, 2.75) is 52.4 Å². The molecule has 1 nitrogen and oxygen atoms in total. The van der Waals surface area contributed by atoms with Crippen LogP contribution >= 0.6 is 0 Å². The van der Waals surface area contributed by atoms with Gasteiger partial charge in [-0.3, -0.25) is 0 Å². The summed E-state index contributed by atoms with van der Waals surface area (Å²) in [7, 11) is 0. The van der Waals surface area contributed by atoms with Crippen molar-refractivity contribution >= 4 is 0 Å².